The van der Waals surface area contributed by atoms with Gasteiger partial charge in [-0.3, -0.25) is 29.2 Å². The van der Waals surface area contributed by atoms with E-state index in [9.17, 15) is 32.8 Å². The van der Waals surface area contributed by atoms with Gasteiger partial charge in [0.05, 0.1) is 29.7 Å². The van der Waals surface area contributed by atoms with Gasteiger partial charge in [-0.25, -0.2) is 22.5 Å². The maximum Gasteiger partial charge on any atom is 0.252 e. The molecule has 1 saturated heterocycles. The van der Waals surface area contributed by atoms with Crippen molar-refractivity contribution in [1.82, 2.24) is 15.3 Å². The molecule has 1 unspecified atom stereocenters. The van der Waals surface area contributed by atoms with Gasteiger partial charge in [0, 0.05) is 43.1 Å². The summed E-state index contributed by atoms with van der Waals surface area (Å²) in [5.74, 6) is -7.07. The Balaban J connectivity index is 1.61. The fraction of sp³-hybridized carbons (Fsp3) is 0.286. The lowest BCUT2D eigenvalue weighted by Gasteiger charge is -2.39. The smallest absolute Gasteiger partial charge is 0.252 e. The average molecular weight is 567 g/mol. The zero-order chi connectivity index (χ0) is 29.3. The van der Waals surface area contributed by atoms with E-state index < -0.39 is 66.2 Å². The third-order valence-electron chi connectivity index (χ3n) is 6.97. The lowest BCUT2D eigenvalue weighted by Crippen LogP contribution is -2.56. The van der Waals surface area contributed by atoms with Crippen molar-refractivity contribution < 1.29 is 31.9 Å². The zero-order valence-corrected chi connectivity index (χ0v) is 21.3. The number of nitrogens with one attached hydrogen (secondary N) is 1. The molecule has 1 aromatic carbocycles. The van der Waals surface area contributed by atoms with E-state index in [1.54, 1.807) is 0 Å². The average Bonchev–Trinajstić information content (AvgIpc) is 3.32. The summed E-state index contributed by atoms with van der Waals surface area (Å²) >= 11 is 0. The van der Waals surface area contributed by atoms with Crippen molar-refractivity contribution in [3.63, 3.8) is 0 Å². The molecule has 0 radical (unpaired) electrons. The van der Waals surface area contributed by atoms with Gasteiger partial charge in [-0.05, 0) is 24.6 Å². The van der Waals surface area contributed by atoms with Crippen LogP contribution < -0.4 is 15.1 Å². The van der Waals surface area contributed by atoms with Crippen LogP contribution in [-0.4, -0.2) is 45.7 Å². The van der Waals surface area contributed by atoms with Gasteiger partial charge in [-0.1, -0.05) is 18.2 Å². The van der Waals surface area contributed by atoms with E-state index in [1.807, 2.05) is 6.07 Å². The van der Waals surface area contributed by atoms with Crippen LogP contribution >= 0.6 is 0 Å². The monoisotopic (exact) mass is 566 g/mol. The summed E-state index contributed by atoms with van der Waals surface area (Å²) in [5, 5.41) is 11.8. The van der Waals surface area contributed by atoms with Crippen molar-refractivity contribution in [3.8, 4) is 6.07 Å². The normalized spacial score (nSPS) is 18.8. The third-order valence-corrected chi connectivity index (χ3v) is 6.97. The molecular weight excluding hydrogens is 544 g/mol. The first-order valence-electron chi connectivity index (χ1n) is 12.6. The van der Waals surface area contributed by atoms with E-state index in [0.717, 1.165) is 34.3 Å². The zero-order valence-electron chi connectivity index (χ0n) is 21.3. The molecule has 1 saturated carbocycles. The number of amides is 3. The quantitative estimate of drug-likeness (QED) is 0.435. The number of carbonyl (C=O) groups is 3. The van der Waals surface area contributed by atoms with Crippen LogP contribution in [0.4, 0.5) is 29.1 Å². The van der Waals surface area contributed by atoms with Crippen molar-refractivity contribution in [2.24, 2.45) is 0 Å². The van der Waals surface area contributed by atoms with E-state index >= 15 is 4.39 Å². The summed E-state index contributed by atoms with van der Waals surface area (Å²) in [4.78, 5) is 50.7. The highest BCUT2D eigenvalue weighted by molar-refractivity contribution is 6.10. The van der Waals surface area contributed by atoms with Gasteiger partial charge in [0.25, 0.3) is 11.8 Å². The Morgan fingerprint density at radius 1 is 1.15 bits per heavy atom. The molecule has 210 valence electrons. The topological polar surface area (TPSA) is 119 Å². The van der Waals surface area contributed by atoms with Gasteiger partial charge in [0.15, 0.2) is 0 Å². The number of hydrogen-bond acceptors (Lipinski definition) is 6. The number of benzene rings is 1. The highest BCUT2D eigenvalue weighted by atomic mass is 19.3. The first kappa shape index (κ1) is 27.7. The summed E-state index contributed by atoms with van der Waals surface area (Å²) in [6.45, 7) is 0. The second-order valence-electron chi connectivity index (χ2n) is 9.80. The maximum absolute atomic E-state index is 15.2. The molecule has 9 nitrogen and oxygen atoms in total. The predicted octanol–water partition coefficient (Wildman–Crippen LogP) is 3.81. The van der Waals surface area contributed by atoms with Gasteiger partial charge in [-0.2, -0.15) is 5.26 Å². The molecule has 1 aliphatic carbocycles. The van der Waals surface area contributed by atoms with E-state index in [4.69, 9.17) is 0 Å². The Labute approximate surface area is 231 Å². The standard InChI is InChI=1S/C28H22F4N6O3/c29-17-10-19(15-34-14-17)37(27(41)22-5-6-24(39)38(22)23-9-16(13-33)7-8-35-23)25(20-3-1-2-4-21(20)30)26(40)36-18-11-28(31,32)12-18/h1-4,7-10,14-15,18,22,25H,5-6,11-12H2,(H,36,40)/t22-,25?/m0/s1. The van der Waals surface area contributed by atoms with Crippen LogP contribution in [0.1, 0.15) is 42.9 Å². The maximum atomic E-state index is 15.2. The Hall–Kier alpha value is -4.86. The van der Waals surface area contributed by atoms with Crippen LogP contribution in [-0.2, 0) is 14.4 Å². The van der Waals surface area contributed by atoms with Crippen LogP contribution in [0.25, 0.3) is 0 Å². The second kappa shape index (κ2) is 11.0. The molecule has 3 amide bonds. The summed E-state index contributed by atoms with van der Waals surface area (Å²) < 4.78 is 56.7. The number of carbonyl (C=O) groups excluding carboxylic acids is 3. The summed E-state index contributed by atoms with van der Waals surface area (Å²) in [6, 6.07) is 6.67. The third kappa shape index (κ3) is 5.58. The molecule has 1 aliphatic heterocycles. The number of anilines is 2. The van der Waals surface area contributed by atoms with Gasteiger partial charge in [0.2, 0.25) is 11.8 Å². The van der Waals surface area contributed by atoms with Crippen LogP contribution in [0.3, 0.4) is 0 Å². The highest BCUT2D eigenvalue weighted by Gasteiger charge is 2.48. The summed E-state index contributed by atoms with van der Waals surface area (Å²) in [6.07, 6.45) is 1.86. The van der Waals surface area contributed by atoms with Crippen LogP contribution in [0.2, 0.25) is 0 Å². The number of alkyl halides is 2. The van der Waals surface area contributed by atoms with Crippen molar-refractivity contribution in [2.45, 2.75) is 49.7 Å². The Kier molecular flexibility index (Phi) is 7.40. The molecule has 2 fully saturated rings. The predicted molar refractivity (Wildman–Crippen MR) is 136 cm³/mol. The summed E-state index contributed by atoms with van der Waals surface area (Å²) in [5.41, 5.74) is -0.336. The minimum absolute atomic E-state index is 0.00538. The van der Waals surface area contributed by atoms with E-state index in [1.165, 1.54) is 36.5 Å². The van der Waals surface area contributed by atoms with E-state index in [-0.39, 0.29) is 35.5 Å². The largest absolute Gasteiger partial charge is 0.351 e. The molecule has 0 bridgehead atoms. The number of rotatable bonds is 7. The molecule has 0 spiro atoms. The molecule has 2 atom stereocenters. The number of nitrogens with zero attached hydrogens (tertiary/aromatic N) is 5. The minimum atomic E-state index is -2.97. The lowest BCUT2D eigenvalue weighted by molar-refractivity contribution is -0.133. The number of hydrogen-bond donors (Lipinski definition) is 1. The Morgan fingerprint density at radius 2 is 1.90 bits per heavy atom. The van der Waals surface area contributed by atoms with Gasteiger partial charge in [0.1, 0.15) is 29.5 Å². The highest BCUT2D eigenvalue weighted by Crippen LogP contribution is 2.39. The van der Waals surface area contributed by atoms with Gasteiger partial charge < -0.3 is 5.32 Å². The first-order valence-corrected chi connectivity index (χ1v) is 12.6. The number of nitriles is 1. The molecule has 13 heteroatoms. The Bertz CT molecular complexity index is 1550. The van der Waals surface area contributed by atoms with Gasteiger partial charge in [-0.15, -0.1) is 0 Å². The number of pyridine rings is 2. The lowest BCUT2D eigenvalue weighted by atomic mass is 9.87. The van der Waals surface area contributed by atoms with Crippen molar-refractivity contribution >= 4 is 29.2 Å². The van der Waals surface area contributed by atoms with Crippen molar-refractivity contribution in [2.75, 3.05) is 9.80 Å². The number of aromatic nitrogens is 2. The number of halogens is 4. The van der Waals surface area contributed by atoms with Gasteiger partial charge >= 0.3 is 0 Å². The minimum Gasteiger partial charge on any atom is -0.351 e. The summed E-state index contributed by atoms with van der Waals surface area (Å²) in [7, 11) is 0. The first-order chi connectivity index (χ1) is 19.6. The van der Waals surface area contributed by atoms with Crippen molar-refractivity contribution in [1.29, 1.82) is 5.26 Å². The van der Waals surface area contributed by atoms with E-state index in [0.29, 0.717) is 0 Å². The van der Waals surface area contributed by atoms with Crippen molar-refractivity contribution in [3.05, 3.63) is 83.8 Å². The fourth-order valence-corrected chi connectivity index (χ4v) is 5.06. The fourth-order valence-electron chi connectivity index (χ4n) is 5.06. The molecule has 2 aromatic heterocycles. The molecule has 3 aromatic rings. The van der Waals surface area contributed by atoms with Crippen LogP contribution in [0.15, 0.2) is 61.1 Å². The second-order valence-corrected chi connectivity index (χ2v) is 9.80. The van der Waals surface area contributed by atoms with Crippen LogP contribution in [0.5, 0.6) is 0 Å². The van der Waals surface area contributed by atoms with E-state index in [2.05, 4.69) is 15.3 Å². The molecule has 1 N–H and O–H groups in total. The molecule has 2 aliphatic rings. The molecule has 3 heterocycles. The van der Waals surface area contributed by atoms with Crippen LogP contribution in [0, 0.1) is 23.0 Å². The Morgan fingerprint density at radius 3 is 2.59 bits per heavy atom. The SMILES string of the molecule is N#Cc1ccnc(N2C(=O)CC[C@H]2C(=O)N(c2cncc(F)c2)C(C(=O)NC2CC(F)(F)C2)c2ccccc2F)c1. The molecular formula is C28H22F4N6O3. The molecule has 41 heavy (non-hydrogen) atoms. The molecule has 5 rings (SSSR count).